The van der Waals surface area contributed by atoms with Crippen molar-refractivity contribution in [2.75, 3.05) is 12.4 Å². The second kappa shape index (κ2) is 8.47. The summed E-state index contributed by atoms with van der Waals surface area (Å²) in [5, 5.41) is 0.726. The Morgan fingerprint density at radius 3 is 2.62 bits per heavy atom. The van der Waals surface area contributed by atoms with Gasteiger partial charge in [0.25, 0.3) is 0 Å². The van der Waals surface area contributed by atoms with Crippen molar-refractivity contribution in [2.24, 2.45) is 0 Å². The Kier molecular flexibility index (Phi) is 6.07. The molecule has 3 nitrogen and oxygen atoms in total. The molecule has 0 unspecified atom stereocenters. The van der Waals surface area contributed by atoms with Crippen LogP contribution in [0.25, 0.3) is 0 Å². The van der Waals surface area contributed by atoms with E-state index < -0.39 is 0 Å². The fraction of sp³-hybridized carbons (Fsp3) is 0.300. The number of benzene rings is 2. The number of halogens is 1. The number of hydrogen-bond donors (Lipinski definition) is 0. The molecule has 3 rings (SSSR count). The summed E-state index contributed by atoms with van der Waals surface area (Å²) >= 11 is 3.54. The van der Waals surface area contributed by atoms with Gasteiger partial charge >= 0.3 is 0 Å². The first-order valence-corrected chi connectivity index (χ1v) is 9.11. The van der Waals surface area contributed by atoms with E-state index in [9.17, 15) is 0 Å². The number of alkyl halides is 1. The van der Waals surface area contributed by atoms with E-state index in [-0.39, 0.29) is 18.3 Å². The monoisotopic (exact) mass is 388 g/mol. The van der Waals surface area contributed by atoms with Crippen molar-refractivity contribution in [1.29, 1.82) is 0 Å². The molecular formula is C20H21BrO3. The van der Waals surface area contributed by atoms with Crippen LogP contribution < -0.4 is 4.74 Å². The van der Waals surface area contributed by atoms with Crippen LogP contribution in [0, 0.1) is 0 Å². The van der Waals surface area contributed by atoms with Gasteiger partial charge in [-0.1, -0.05) is 70.5 Å². The van der Waals surface area contributed by atoms with Crippen molar-refractivity contribution >= 4 is 15.9 Å². The van der Waals surface area contributed by atoms with E-state index in [2.05, 4.69) is 40.2 Å². The third kappa shape index (κ3) is 4.26. The molecular weight excluding hydrogens is 368 g/mol. The maximum Gasteiger partial charge on any atom is 0.119 e. The second-order valence-corrected chi connectivity index (χ2v) is 6.32. The Balaban J connectivity index is 1.65. The molecule has 0 amide bonds. The lowest BCUT2D eigenvalue weighted by atomic mass is 10.0. The second-order valence-electron chi connectivity index (χ2n) is 5.67. The summed E-state index contributed by atoms with van der Waals surface area (Å²) in [7, 11) is 1.67. The summed E-state index contributed by atoms with van der Waals surface area (Å²) in [6.45, 7) is 0.523. The quantitative estimate of drug-likeness (QED) is 0.531. The van der Waals surface area contributed by atoms with Gasteiger partial charge in [-0.25, -0.2) is 0 Å². The predicted molar refractivity (Wildman–Crippen MR) is 98.6 cm³/mol. The van der Waals surface area contributed by atoms with Gasteiger partial charge in [0.2, 0.25) is 0 Å². The fourth-order valence-corrected chi connectivity index (χ4v) is 3.24. The van der Waals surface area contributed by atoms with Crippen LogP contribution in [-0.2, 0) is 16.1 Å². The molecule has 24 heavy (non-hydrogen) atoms. The van der Waals surface area contributed by atoms with Crippen molar-refractivity contribution < 1.29 is 14.2 Å². The normalized spacial score (nSPS) is 23.2. The van der Waals surface area contributed by atoms with Gasteiger partial charge in [0.15, 0.2) is 0 Å². The van der Waals surface area contributed by atoms with E-state index in [1.54, 1.807) is 7.11 Å². The van der Waals surface area contributed by atoms with Crippen LogP contribution in [0.1, 0.15) is 17.2 Å². The van der Waals surface area contributed by atoms with Gasteiger partial charge in [-0.15, -0.1) is 0 Å². The van der Waals surface area contributed by atoms with Crippen molar-refractivity contribution in [1.82, 2.24) is 0 Å². The summed E-state index contributed by atoms with van der Waals surface area (Å²) in [5.74, 6) is 0.840. The highest BCUT2D eigenvalue weighted by Crippen LogP contribution is 2.28. The summed E-state index contributed by atoms with van der Waals surface area (Å²) in [6, 6.07) is 18.2. The van der Waals surface area contributed by atoms with Gasteiger partial charge in [-0.2, -0.15) is 0 Å². The molecule has 0 saturated carbocycles. The topological polar surface area (TPSA) is 27.7 Å². The molecule has 2 aromatic rings. The minimum absolute atomic E-state index is 0.0224. The van der Waals surface area contributed by atoms with Crippen molar-refractivity contribution in [3.05, 3.63) is 77.9 Å². The third-order valence-corrected chi connectivity index (χ3v) is 4.66. The maximum absolute atomic E-state index is 6.18. The van der Waals surface area contributed by atoms with Crippen molar-refractivity contribution in [3.8, 4) is 5.75 Å². The lowest BCUT2D eigenvalue weighted by Crippen LogP contribution is -2.35. The maximum atomic E-state index is 6.18. The lowest BCUT2D eigenvalue weighted by Gasteiger charge is -2.31. The molecule has 0 aromatic heterocycles. The molecule has 1 aliphatic rings. The van der Waals surface area contributed by atoms with Crippen LogP contribution in [0.5, 0.6) is 5.75 Å². The van der Waals surface area contributed by atoms with Gasteiger partial charge in [0, 0.05) is 5.33 Å². The van der Waals surface area contributed by atoms with E-state index in [1.165, 1.54) is 0 Å². The number of ether oxygens (including phenoxy) is 3. The molecule has 1 aliphatic heterocycles. The zero-order valence-corrected chi connectivity index (χ0v) is 15.2. The van der Waals surface area contributed by atoms with Gasteiger partial charge < -0.3 is 14.2 Å². The van der Waals surface area contributed by atoms with Crippen LogP contribution in [0.3, 0.4) is 0 Å². The molecule has 0 N–H and O–H groups in total. The van der Waals surface area contributed by atoms with Crippen LogP contribution in [-0.4, -0.2) is 24.6 Å². The largest absolute Gasteiger partial charge is 0.497 e. The first-order valence-electron chi connectivity index (χ1n) is 7.99. The first kappa shape index (κ1) is 17.2. The molecule has 2 aromatic carbocycles. The molecule has 0 aliphatic carbocycles. The highest BCUT2D eigenvalue weighted by Gasteiger charge is 2.27. The van der Waals surface area contributed by atoms with Crippen LogP contribution >= 0.6 is 15.9 Å². The van der Waals surface area contributed by atoms with E-state index in [4.69, 9.17) is 14.2 Å². The van der Waals surface area contributed by atoms with E-state index in [1.807, 2.05) is 42.5 Å². The van der Waals surface area contributed by atoms with Gasteiger partial charge in [0.1, 0.15) is 18.0 Å². The average molecular weight is 389 g/mol. The molecule has 4 heteroatoms. The fourth-order valence-electron chi connectivity index (χ4n) is 2.72. The summed E-state index contributed by atoms with van der Waals surface area (Å²) in [5.41, 5.74) is 2.24. The Morgan fingerprint density at radius 1 is 1.04 bits per heavy atom. The number of hydrogen-bond acceptors (Lipinski definition) is 3. The number of rotatable bonds is 6. The standard InChI is InChI=1S/C20H21BrO3/c1-22-17-9-5-6-15(12-17)14-23-19-11-10-18(24-20(19)13-21)16-7-3-2-4-8-16/h2-12,18-20H,13-14H2,1H3/t18-,19-,20-/m0/s1. The zero-order chi connectivity index (χ0) is 16.8. The molecule has 0 spiro atoms. The predicted octanol–water partition coefficient (Wildman–Crippen LogP) is 4.67. The van der Waals surface area contributed by atoms with E-state index >= 15 is 0 Å². The summed E-state index contributed by atoms with van der Waals surface area (Å²) < 4.78 is 17.5. The Bertz CT molecular complexity index is 672. The van der Waals surface area contributed by atoms with Crippen LogP contribution in [0.15, 0.2) is 66.7 Å². The molecule has 0 fully saturated rings. The Morgan fingerprint density at radius 2 is 1.88 bits per heavy atom. The van der Waals surface area contributed by atoms with E-state index in [0.29, 0.717) is 6.61 Å². The van der Waals surface area contributed by atoms with Gasteiger partial charge in [-0.3, -0.25) is 0 Å². The number of methoxy groups -OCH3 is 1. The summed E-state index contributed by atoms with van der Waals surface area (Å²) in [6.07, 6.45) is 4.06. The third-order valence-electron chi connectivity index (χ3n) is 4.02. The first-order chi connectivity index (χ1) is 11.8. The highest BCUT2D eigenvalue weighted by atomic mass is 79.9. The van der Waals surface area contributed by atoms with Crippen LogP contribution in [0.2, 0.25) is 0 Å². The molecule has 0 radical (unpaired) electrons. The summed E-state index contributed by atoms with van der Waals surface area (Å²) in [4.78, 5) is 0. The molecule has 126 valence electrons. The minimum Gasteiger partial charge on any atom is -0.497 e. The van der Waals surface area contributed by atoms with Gasteiger partial charge in [-0.05, 0) is 23.3 Å². The minimum atomic E-state index is -0.0736. The highest BCUT2D eigenvalue weighted by molar-refractivity contribution is 9.09. The molecule has 1 heterocycles. The molecule has 0 bridgehead atoms. The van der Waals surface area contributed by atoms with Crippen molar-refractivity contribution in [2.45, 2.75) is 24.9 Å². The Labute approximate surface area is 151 Å². The lowest BCUT2D eigenvalue weighted by molar-refractivity contribution is -0.0771. The Hall–Kier alpha value is -1.62. The average Bonchev–Trinajstić information content (AvgIpc) is 2.67. The van der Waals surface area contributed by atoms with Crippen LogP contribution in [0.4, 0.5) is 0 Å². The molecule has 3 atom stereocenters. The van der Waals surface area contributed by atoms with Gasteiger partial charge in [0.05, 0.1) is 19.8 Å². The van der Waals surface area contributed by atoms with E-state index in [0.717, 1.165) is 22.2 Å². The van der Waals surface area contributed by atoms with Crippen molar-refractivity contribution in [3.63, 3.8) is 0 Å². The smallest absolute Gasteiger partial charge is 0.119 e. The zero-order valence-electron chi connectivity index (χ0n) is 13.6. The SMILES string of the molecule is COc1cccc(CO[C@H]2C=C[C@@H](c3ccccc3)O[C@H]2CBr)c1. The molecule has 0 saturated heterocycles.